The molecular formula is C11H17N5O. The van der Waals surface area contributed by atoms with Gasteiger partial charge in [0.1, 0.15) is 0 Å². The highest BCUT2D eigenvalue weighted by Crippen LogP contribution is 2.38. The summed E-state index contributed by atoms with van der Waals surface area (Å²) in [7, 11) is 1.95. The summed E-state index contributed by atoms with van der Waals surface area (Å²) in [5, 5.41) is 11.7. The maximum absolute atomic E-state index is 8.71. The molecule has 1 aromatic rings. The van der Waals surface area contributed by atoms with E-state index in [0.29, 0.717) is 17.4 Å². The summed E-state index contributed by atoms with van der Waals surface area (Å²) < 4.78 is 0. The van der Waals surface area contributed by atoms with E-state index in [2.05, 4.69) is 22.0 Å². The smallest absolute Gasteiger partial charge is 0.192 e. The summed E-state index contributed by atoms with van der Waals surface area (Å²) in [6.07, 6.45) is 4.39. The van der Waals surface area contributed by atoms with Crippen molar-refractivity contribution in [2.24, 2.45) is 22.7 Å². The Morgan fingerprint density at radius 2 is 2.24 bits per heavy atom. The molecule has 2 unspecified atom stereocenters. The lowest BCUT2D eigenvalue weighted by atomic mass is 10.3. The molecular weight excluding hydrogens is 218 g/mol. The fraction of sp³-hybridized carbons (Fsp3) is 0.545. The third kappa shape index (κ3) is 2.46. The molecule has 6 nitrogen and oxygen atoms in total. The van der Waals surface area contributed by atoms with Gasteiger partial charge in [0.15, 0.2) is 17.3 Å². The summed E-state index contributed by atoms with van der Waals surface area (Å²) in [6.45, 7) is 3.16. The van der Waals surface area contributed by atoms with Crippen LogP contribution in [-0.2, 0) is 0 Å². The molecule has 1 fully saturated rings. The SMILES string of the molecule is CC1CC1CN(C)c1nccnc1C(N)=NO. The van der Waals surface area contributed by atoms with Crippen molar-refractivity contribution in [1.29, 1.82) is 0 Å². The Balaban J connectivity index is 2.19. The van der Waals surface area contributed by atoms with Gasteiger partial charge >= 0.3 is 0 Å². The Kier molecular flexibility index (Phi) is 3.12. The zero-order chi connectivity index (χ0) is 12.4. The molecule has 3 N–H and O–H groups in total. The van der Waals surface area contributed by atoms with Gasteiger partial charge in [-0.15, -0.1) is 0 Å². The average Bonchev–Trinajstić information content (AvgIpc) is 3.03. The number of amidine groups is 1. The van der Waals surface area contributed by atoms with Crippen LogP contribution >= 0.6 is 0 Å². The third-order valence-corrected chi connectivity index (χ3v) is 3.18. The second-order valence-corrected chi connectivity index (χ2v) is 4.57. The molecule has 92 valence electrons. The van der Waals surface area contributed by atoms with Gasteiger partial charge in [0.05, 0.1) is 0 Å². The molecule has 1 aliphatic rings. The molecule has 1 heterocycles. The summed E-state index contributed by atoms with van der Waals surface area (Å²) in [6, 6.07) is 0. The first-order valence-electron chi connectivity index (χ1n) is 5.63. The van der Waals surface area contributed by atoms with Crippen LogP contribution in [0.5, 0.6) is 0 Å². The normalized spacial score (nSPS) is 23.5. The number of hydrogen-bond acceptors (Lipinski definition) is 5. The number of rotatable bonds is 4. The van der Waals surface area contributed by atoms with Crippen LogP contribution in [0.25, 0.3) is 0 Å². The third-order valence-electron chi connectivity index (χ3n) is 3.18. The summed E-state index contributed by atoms with van der Waals surface area (Å²) in [4.78, 5) is 10.4. The molecule has 0 radical (unpaired) electrons. The lowest BCUT2D eigenvalue weighted by Gasteiger charge is -2.19. The minimum Gasteiger partial charge on any atom is -0.409 e. The van der Waals surface area contributed by atoms with Crippen molar-refractivity contribution >= 4 is 11.7 Å². The number of nitrogens with two attached hydrogens (primary N) is 1. The van der Waals surface area contributed by atoms with E-state index in [0.717, 1.165) is 12.5 Å². The van der Waals surface area contributed by atoms with Gasteiger partial charge < -0.3 is 15.8 Å². The Labute approximate surface area is 100 Å². The van der Waals surface area contributed by atoms with Crippen LogP contribution in [0.4, 0.5) is 5.82 Å². The second-order valence-electron chi connectivity index (χ2n) is 4.57. The molecule has 1 aromatic heterocycles. The number of nitrogens with zero attached hydrogens (tertiary/aromatic N) is 4. The van der Waals surface area contributed by atoms with Crippen molar-refractivity contribution in [2.75, 3.05) is 18.5 Å². The Hall–Kier alpha value is -1.85. The van der Waals surface area contributed by atoms with Gasteiger partial charge in [0, 0.05) is 26.0 Å². The molecule has 2 atom stereocenters. The minimum absolute atomic E-state index is 0.0104. The van der Waals surface area contributed by atoms with Crippen molar-refractivity contribution in [1.82, 2.24) is 9.97 Å². The Morgan fingerprint density at radius 3 is 2.82 bits per heavy atom. The van der Waals surface area contributed by atoms with E-state index in [1.165, 1.54) is 12.6 Å². The average molecular weight is 235 g/mol. The van der Waals surface area contributed by atoms with E-state index < -0.39 is 0 Å². The monoisotopic (exact) mass is 235 g/mol. The highest BCUT2D eigenvalue weighted by atomic mass is 16.4. The summed E-state index contributed by atoms with van der Waals surface area (Å²) in [5.74, 6) is 2.13. The maximum atomic E-state index is 8.71. The molecule has 1 saturated carbocycles. The fourth-order valence-electron chi connectivity index (χ4n) is 1.93. The van der Waals surface area contributed by atoms with Gasteiger partial charge in [0.25, 0.3) is 0 Å². The van der Waals surface area contributed by atoms with Gasteiger partial charge in [-0.3, -0.25) is 0 Å². The topological polar surface area (TPSA) is 87.6 Å². The molecule has 2 rings (SSSR count). The lowest BCUT2D eigenvalue weighted by Crippen LogP contribution is -2.27. The first kappa shape index (κ1) is 11.6. The van der Waals surface area contributed by atoms with Gasteiger partial charge in [-0.2, -0.15) is 0 Å². The van der Waals surface area contributed by atoms with Crippen LogP contribution in [0.3, 0.4) is 0 Å². The summed E-state index contributed by atoms with van der Waals surface area (Å²) in [5.41, 5.74) is 6.00. The molecule has 0 saturated heterocycles. The number of aromatic nitrogens is 2. The standard InChI is InChI=1S/C11H17N5O/c1-7-5-8(7)6-16(2)11-9(10(12)15-17)13-3-4-14-11/h3-4,7-8,17H,5-6H2,1-2H3,(H2,12,15). The van der Waals surface area contributed by atoms with Gasteiger partial charge in [-0.25, -0.2) is 9.97 Å². The summed E-state index contributed by atoms with van der Waals surface area (Å²) >= 11 is 0. The number of anilines is 1. The van der Waals surface area contributed by atoms with E-state index in [4.69, 9.17) is 10.9 Å². The van der Waals surface area contributed by atoms with Crippen molar-refractivity contribution in [3.05, 3.63) is 18.1 Å². The lowest BCUT2D eigenvalue weighted by molar-refractivity contribution is 0.318. The van der Waals surface area contributed by atoms with Gasteiger partial charge in [-0.1, -0.05) is 12.1 Å². The van der Waals surface area contributed by atoms with Crippen LogP contribution in [0.15, 0.2) is 17.5 Å². The molecule has 1 aliphatic carbocycles. The number of oxime groups is 1. The molecule has 0 spiro atoms. The number of hydrogen-bond donors (Lipinski definition) is 2. The zero-order valence-electron chi connectivity index (χ0n) is 10.0. The van der Waals surface area contributed by atoms with Crippen molar-refractivity contribution in [3.63, 3.8) is 0 Å². The van der Waals surface area contributed by atoms with Crippen LogP contribution < -0.4 is 10.6 Å². The van der Waals surface area contributed by atoms with E-state index in [9.17, 15) is 0 Å². The predicted octanol–water partition coefficient (Wildman–Crippen LogP) is 0.663. The van der Waals surface area contributed by atoms with Crippen molar-refractivity contribution in [3.8, 4) is 0 Å². The molecule has 0 aliphatic heterocycles. The molecule has 0 amide bonds. The Bertz CT molecular complexity index is 434. The first-order chi connectivity index (χ1) is 8.13. The molecule has 6 heteroatoms. The van der Waals surface area contributed by atoms with Crippen LogP contribution in [0, 0.1) is 11.8 Å². The van der Waals surface area contributed by atoms with Crippen molar-refractivity contribution in [2.45, 2.75) is 13.3 Å². The van der Waals surface area contributed by atoms with Gasteiger partial charge in [0.2, 0.25) is 0 Å². The quantitative estimate of drug-likeness (QED) is 0.346. The first-order valence-corrected chi connectivity index (χ1v) is 5.63. The molecule has 0 bridgehead atoms. The van der Waals surface area contributed by atoms with Crippen molar-refractivity contribution < 1.29 is 5.21 Å². The fourth-order valence-corrected chi connectivity index (χ4v) is 1.93. The van der Waals surface area contributed by atoms with E-state index in [1.807, 2.05) is 11.9 Å². The maximum Gasteiger partial charge on any atom is 0.192 e. The minimum atomic E-state index is -0.0104. The van der Waals surface area contributed by atoms with E-state index in [1.54, 1.807) is 6.20 Å². The zero-order valence-corrected chi connectivity index (χ0v) is 10.0. The largest absolute Gasteiger partial charge is 0.409 e. The van der Waals surface area contributed by atoms with Crippen LogP contribution in [0.2, 0.25) is 0 Å². The van der Waals surface area contributed by atoms with Crippen LogP contribution in [-0.4, -0.2) is 34.6 Å². The van der Waals surface area contributed by atoms with E-state index in [-0.39, 0.29) is 5.84 Å². The predicted molar refractivity (Wildman–Crippen MR) is 65.1 cm³/mol. The Morgan fingerprint density at radius 1 is 1.59 bits per heavy atom. The van der Waals surface area contributed by atoms with E-state index >= 15 is 0 Å². The van der Waals surface area contributed by atoms with Gasteiger partial charge in [-0.05, 0) is 18.3 Å². The second kappa shape index (κ2) is 4.57. The highest BCUT2D eigenvalue weighted by Gasteiger charge is 2.34. The van der Waals surface area contributed by atoms with Crippen LogP contribution in [0.1, 0.15) is 19.0 Å². The highest BCUT2D eigenvalue weighted by molar-refractivity contribution is 5.99. The molecule has 0 aromatic carbocycles. The molecule has 17 heavy (non-hydrogen) atoms.